The standard InChI is InChI=1S/C11H13ClN2S2/c1-6-4-16-11(10(6)12)9(13)3-8-5-15-7(2)14-8/h4-5,9H,3,13H2,1-2H3. The topological polar surface area (TPSA) is 38.9 Å². The molecule has 0 aliphatic rings. The molecule has 1 unspecified atom stereocenters. The van der Waals surface area contributed by atoms with Crippen LogP contribution in [0.15, 0.2) is 10.8 Å². The van der Waals surface area contributed by atoms with Gasteiger partial charge in [0.2, 0.25) is 0 Å². The Kier molecular flexibility index (Phi) is 3.64. The third-order valence-corrected chi connectivity index (χ3v) is 5.03. The summed E-state index contributed by atoms with van der Waals surface area (Å²) in [6, 6.07) is -0.0484. The average Bonchev–Trinajstić information content (AvgIpc) is 2.76. The van der Waals surface area contributed by atoms with E-state index in [4.69, 9.17) is 17.3 Å². The van der Waals surface area contributed by atoms with Crippen LogP contribution in [-0.4, -0.2) is 4.98 Å². The summed E-state index contributed by atoms with van der Waals surface area (Å²) >= 11 is 9.47. The number of halogens is 1. The minimum atomic E-state index is -0.0484. The molecule has 0 aromatic carbocycles. The Labute approximate surface area is 108 Å². The van der Waals surface area contributed by atoms with Gasteiger partial charge in [-0.25, -0.2) is 4.98 Å². The van der Waals surface area contributed by atoms with Crippen LogP contribution in [-0.2, 0) is 6.42 Å². The van der Waals surface area contributed by atoms with E-state index in [1.54, 1.807) is 22.7 Å². The lowest BCUT2D eigenvalue weighted by Crippen LogP contribution is -2.12. The summed E-state index contributed by atoms with van der Waals surface area (Å²) in [4.78, 5) is 5.47. The van der Waals surface area contributed by atoms with Gasteiger partial charge in [-0.1, -0.05) is 11.6 Å². The van der Waals surface area contributed by atoms with Crippen LogP contribution in [0.3, 0.4) is 0 Å². The summed E-state index contributed by atoms with van der Waals surface area (Å²) in [5, 5.41) is 5.99. The Morgan fingerprint density at radius 1 is 1.38 bits per heavy atom. The van der Waals surface area contributed by atoms with Gasteiger partial charge >= 0.3 is 0 Å². The highest BCUT2D eigenvalue weighted by atomic mass is 35.5. The number of hydrogen-bond acceptors (Lipinski definition) is 4. The lowest BCUT2D eigenvalue weighted by molar-refractivity contribution is 0.722. The number of nitrogens with two attached hydrogens (primary N) is 1. The maximum atomic E-state index is 6.19. The van der Waals surface area contributed by atoms with Gasteiger partial charge in [0, 0.05) is 22.7 Å². The first-order valence-corrected chi connectivity index (χ1v) is 7.11. The van der Waals surface area contributed by atoms with Gasteiger partial charge in [-0.05, 0) is 24.8 Å². The summed E-state index contributed by atoms with van der Waals surface area (Å²) in [5.41, 5.74) is 8.30. The first kappa shape index (κ1) is 12.0. The van der Waals surface area contributed by atoms with Crippen LogP contribution in [0.2, 0.25) is 5.02 Å². The number of aromatic nitrogens is 1. The molecule has 0 fully saturated rings. The van der Waals surface area contributed by atoms with Crippen LogP contribution in [0.1, 0.15) is 27.2 Å². The molecule has 0 saturated carbocycles. The van der Waals surface area contributed by atoms with Crippen molar-refractivity contribution in [2.24, 2.45) is 5.73 Å². The lowest BCUT2D eigenvalue weighted by Gasteiger charge is -2.08. The van der Waals surface area contributed by atoms with E-state index in [1.165, 1.54) is 0 Å². The molecular formula is C11H13ClN2S2. The minimum Gasteiger partial charge on any atom is -0.323 e. The summed E-state index contributed by atoms with van der Waals surface area (Å²) in [6.07, 6.45) is 0.754. The van der Waals surface area contributed by atoms with Crippen LogP contribution in [0.5, 0.6) is 0 Å². The first-order valence-electron chi connectivity index (χ1n) is 4.98. The Morgan fingerprint density at radius 2 is 2.12 bits per heavy atom. The number of thiophene rings is 1. The number of hydrogen-bond donors (Lipinski definition) is 1. The highest BCUT2D eigenvalue weighted by molar-refractivity contribution is 7.11. The minimum absolute atomic E-state index is 0.0484. The molecule has 0 amide bonds. The van der Waals surface area contributed by atoms with Gasteiger partial charge in [0.05, 0.1) is 15.7 Å². The molecule has 5 heteroatoms. The van der Waals surface area contributed by atoms with Crippen LogP contribution in [0.25, 0.3) is 0 Å². The van der Waals surface area contributed by atoms with Crippen molar-refractivity contribution in [2.45, 2.75) is 26.3 Å². The summed E-state index contributed by atoms with van der Waals surface area (Å²) in [5.74, 6) is 0. The SMILES string of the molecule is Cc1nc(CC(N)c2scc(C)c2Cl)cs1. The summed E-state index contributed by atoms with van der Waals surface area (Å²) in [7, 11) is 0. The highest BCUT2D eigenvalue weighted by Gasteiger charge is 2.15. The maximum absolute atomic E-state index is 6.19. The Hall–Kier alpha value is -0.420. The second kappa shape index (κ2) is 4.84. The fourth-order valence-corrected chi connectivity index (χ4v) is 3.48. The molecule has 2 aromatic rings. The fourth-order valence-electron chi connectivity index (χ4n) is 1.52. The Bertz CT molecular complexity index is 490. The van der Waals surface area contributed by atoms with E-state index in [0.29, 0.717) is 0 Å². The van der Waals surface area contributed by atoms with Crippen molar-refractivity contribution in [3.8, 4) is 0 Å². The molecule has 0 saturated heterocycles. The van der Waals surface area contributed by atoms with Gasteiger partial charge in [-0.3, -0.25) is 0 Å². The van der Waals surface area contributed by atoms with Crippen LogP contribution >= 0.6 is 34.3 Å². The van der Waals surface area contributed by atoms with Crippen molar-refractivity contribution in [3.05, 3.63) is 36.9 Å². The molecule has 86 valence electrons. The van der Waals surface area contributed by atoms with E-state index in [-0.39, 0.29) is 6.04 Å². The van der Waals surface area contributed by atoms with Crippen molar-refractivity contribution in [1.29, 1.82) is 0 Å². The monoisotopic (exact) mass is 272 g/mol. The van der Waals surface area contributed by atoms with E-state index >= 15 is 0 Å². The van der Waals surface area contributed by atoms with Gasteiger partial charge in [-0.2, -0.15) is 0 Å². The normalized spacial score (nSPS) is 13.0. The first-order chi connectivity index (χ1) is 7.58. The van der Waals surface area contributed by atoms with E-state index in [9.17, 15) is 0 Å². The van der Waals surface area contributed by atoms with Crippen LogP contribution in [0.4, 0.5) is 0 Å². The predicted molar refractivity (Wildman–Crippen MR) is 71.5 cm³/mol. The third kappa shape index (κ3) is 2.46. The van der Waals surface area contributed by atoms with Crippen molar-refractivity contribution in [2.75, 3.05) is 0 Å². The zero-order chi connectivity index (χ0) is 11.7. The molecular weight excluding hydrogens is 260 g/mol. The molecule has 1 atom stereocenters. The average molecular weight is 273 g/mol. The lowest BCUT2D eigenvalue weighted by atomic mass is 10.1. The van der Waals surface area contributed by atoms with E-state index in [0.717, 1.165) is 32.6 Å². The summed E-state index contributed by atoms with van der Waals surface area (Å²) < 4.78 is 0. The molecule has 2 heterocycles. The van der Waals surface area contributed by atoms with Gasteiger partial charge < -0.3 is 5.73 Å². The van der Waals surface area contributed by atoms with E-state index in [1.807, 2.05) is 19.2 Å². The third-order valence-electron chi connectivity index (χ3n) is 2.36. The van der Waals surface area contributed by atoms with Crippen LogP contribution < -0.4 is 5.73 Å². The molecule has 0 radical (unpaired) electrons. The fraction of sp³-hybridized carbons (Fsp3) is 0.364. The highest BCUT2D eigenvalue weighted by Crippen LogP contribution is 2.32. The quantitative estimate of drug-likeness (QED) is 0.925. The molecule has 2 aromatic heterocycles. The van der Waals surface area contributed by atoms with Gasteiger partial charge in [0.1, 0.15) is 0 Å². The van der Waals surface area contributed by atoms with Gasteiger partial charge in [0.15, 0.2) is 0 Å². The number of rotatable bonds is 3. The van der Waals surface area contributed by atoms with Crippen molar-refractivity contribution < 1.29 is 0 Å². The molecule has 0 bridgehead atoms. The molecule has 16 heavy (non-hydrogen) atoms. The Balaban J connectivity index is 2.14. The van der Waals surface area contributed by atoms with Crippen molar-refractivity contribution in [3.63, 3.8) is 0 Å². The van der Waals surface area contributed by atoms with Crippen LogP contribution in [0, 0.1) is 13.8 Å². The molecule has 2 rings (SSSR count). The van der Waals surface area contributed by atoms with Gasteiger partial charge in [-0.15, -0.1) is 22.7 Å². The zero-order valence-electron chi connectivity index (χ0n) is 9.16. The molecule has 0 aliphatic carbocycles. The second-order valence-corrected chi connectivity index (χ2v) is 6.12. The molecule has 0 spiro atoms. The zero-order valence-corrected chi connectivity index (χ0v) is 11.5. The number of aryl methyl sites for hydroxylation is 2. The van der Waals surface area contributed by atoms with Gasteiger partial charge in [0.25, 0.3) is 0 Å². The predicted octanol–water partition coefficient (Wildman–Crippen LogP) is 3.72. The molecule has 2 N–H and O–H groups in total. The number of nitrogens with zero attached hydrogens (tertiary/aromatic N) is 1. The Morgan fingerprint density at radius 3 is 2.62 bits per heavy atom. The van der Waals surface area contributed by atoms with E-state index in [2.05, 4.69) is 10.4 Å². The van der Waals surface area contributed by atoms with Crippen molar-refractivity contribution in [1.82, 2.24) is 4.98 Å². The smallest absolute Gasteiger partial charge is 0.0897 e. The van der Waals surface area contributed by atoms with E-state index < -0.39 is 0 Å². The summed E-state index contributed by atoms with van der Waals surface area (Å²) in [6.45, 7) is 4.00. The van der Waals surface area contributed by atoms with Crippen molar-refractivity contribution >= 4 is 34.3 Å². The largest absolute Gasteiger partial charge is 0.323 e. The molecule has 0 aliphatic heterocycles. The number of thiazole rings is 1. The molecule has 2 nitrogen and oxygen atoms in total. The second-order valence-electron chi connectivity index (χ2n) is 3.77. The maximum Gasteiger partial charge on any atom is 0.0897 e.